The van der Waals surface area contributed by atoms with Gasteiger partial charge in [0, 0.05) is 0 Å². The third kappa shape index (κ3) is 5.21. The SMILES string of the molecule is CCCCN1CCC(Bc2ccccc2)C1.O.O. The molecule has 1 fully saturated rings. The van der Waals surface area contributed by atoms with Gasteiger partial charge >= 0.3 is 0 Å². The summed E-state index contributed by atoms with van der Waals surface area (Å²) in [4.78, 5) is 2.64. The van der Waals surface area contributed by atoms with Crippen molar-refractivity contribution in [2.75, 3.05) is 19.6 Å². The molecular formula is C14H26BNO2. The molecule has 0 radical (unpaired) electrons. The fraction of sp³-hybridized carbons (Fsp3) is 0.571. The van der Waals surface area contributed by atoms with Gasteiger partial charge in [0.2, 0.25) is 0 Å². The highest BCUT2D eigenvalue weighted by Gasteiger charge is 2.22. The zero-order chi connectivity index (χ0) is 11.2. The third-order valence-corrected chi connectivity index (χ3v) is 3.57. The molecule has 1 unspecified atom stereocenters. The standard InChI is InChI=1S/C14H22BN.2H2O/c1-2-3-10-16-11-9-14(12-16)15-13-7-5-4-6-8-13;;/h4-8,14-15H,2-3,9-12H2,1H3;2*1H2. The monoisotopic (exact) mass is 251 g/mol. The van der Waals surface area contributed by atoms with Gasteiger partial charge in [0.25, 0.3) is 0 Å². The summed E-state index contributed by atoms with van der Waals surface area (Å²) in [5, 5.41) is 0. The van der Waals surface area contributed by atoms with E-state index in [0.29, 0.717) is 0 Å². The largest absolute Gasteiger partial charge is 0.412 e. The van der Waals surface area contributed by atoms with Crippen molar-refractivity contribution in [2.45, 2.75) is 32.0 Å². The number of unbranched alkanes of at least 4 members (excludes halogenated alkanes) is 1. The Hall–Kier alpha value is -0.835. The maximum absolute atomic E-state index is 2.64. The molecular weight excluding hydrogens is 225 g/mol. The molecule has 1 aliphatic rings. The van der Waals surface area contributed by atoms with E-state index in [9.17, 15) is 0 Å². The van der Waals surface area contributed by atoms with Crippen LogP contribution in [0.1, 0.15) is 26.2 Å². The summed E-state index contributed by atoms with van der Waals surface area (Å²) in [7, 11) is 1.27. The Bertz CT molecular complexity index is 308. The van der Waals surface area contributed by atoms with Crippen molar-refractivity contribution in [3.63, 3.8) is 0 Å². The fourth-order valence-corrected chi connectivity index (χ4v) is 2.61. The second-order valence-electron chi connectivity index (χ2n) is 5.00. The predicted molar refractivity (Wildman–Crippen MR) is 80.2 cm³/mol. The van der Waals surface area contributed by atoms with Crippen molar-refractivity contribution >= 4 is 12.7 Å². The first-order valence-electron chi connectivity index (χ1n) is 6.64. The quantitative estimate of drug-likeness (QED) is 0.698. The molecule has 1 aromatic rings. The van der Waals surface area contributed by atoms with E-state index in [-0.39, 0.29) is 11.0 Å². The van der Waals surface area contributed by atoms with Crippen LogP contribution in [0.4, 0.5) is 0 Å². The van der Waals surface area contributed by atoms with Gasteiger partial charge in [-0.3, -0.25) is 0 Å². The van der Waals surface area contributed by atoms with Crippen LogP contribution in [0.25, 0.3) is 0 Å². The van der Waals surface area contributed by atoms with Crippen LogP contribution < -0.4 is 5.46 Å². The molecule has 1 heterocycles. The van der Waals surface area contributed by atoms with Crippen molar-refractivity contribution in [3.05, 3.63) is 30.3 Å². The molecule has 18 heavy (non-hydrogen) atoms. The molecule has 1 aromatic carbocycles. The summed E-state index contributed by atoms with van der Waals surface area (Å²) < 4.78 is 0. The minimum Gasteiger partial charge on any atom is -0.412 e. The average molecular weight is 251 g/mol. The lowest BCUT2D eigenvalue weighted by Gasteiger charge is -2.14. The lowest BCUT2D eigenvalue weighted by molar-refractivity contribution is 0.332. The Morgan fingerprint density at radius 1 is 1.22 bits per heavy atom. The van der Waals surface area contributed by atoms with Gasteiger partial charge in [0.1, 0.15) is 0 Å². The lowest BCUT2D eigenvalue weighted by Crippen LogP contribution is -2.24. The van der Waals surface area contributed by atoms with E-state index in [2.05, 4.69) is 42.2 Å². The summed E-state index contributed by atoms with van der Waals surface area (Å²) in [6.07, 6.45) is 4.07. The first-order valence-corrected chi connectivity index (χ1v) is 6.64. The molecule has 0 bridgehead atoms. The summed E-state index contributed by atoms with van der Waals surface area (Å²) >= 11 is 0. The minimum absolute atomic E-state index is 0. The highest BCUT2D eigenvalue weighted by Crippen LogP contribution is 2.20. The fourth-order valence-electron chi connectivity index (χ4n) is 2.61. The second-order valence-corrected chi connectivity index (χ2v) is 5.00. The average Bonchev–Trinajstić information content (AvgIpc) is 2.75. The molecule has 2 rings (SSSR count). The Balaban J connectivity index is 0.00000144. The number of likely N-dealkylation sites (tertiary alicyclic amines) is 1. The smallest absolute Gasteiger partial charge is 0.162 e. The number of benzene rings is 1. The van der Waals surface area contributed by atoms with E-state index in [1.165, 1.54) is 51.6 Å². The Kier molecular flexibility index (Phi) is 8.72. The molecule has 0 aromatic heterocycles. The highest BCUT2D eigenvalue weighted by atomic mass is 16.0. The van der Waals surface area contributed by atoms with Crippen molar-refractivity contribution < 1.29 is 11.0 Å². The van der Waals surface area contributed by atoms with Crippen LogP contribution in [0.3, 0.4) is 0 Å². The Labute approximate surface area is 111 Å². The van der Waals surface area contributed by atoms with Gasteiger partial charge in [0.05, 0.1) is 0 Å². The molecule has 0 saturated carbocycles. The van der Waals surface area contributed by atoms with Crippen LogP contribution in [0, 0.1) is 0 Å². The van der Waals surface area contributed by atoms with Gasteiger partial charge in [-0.15, -0.1) is 0 Å². The van der Waals surface area contributed by atoms with Crippen LogP contribution in [-0.4, -0.2) is 42.8 Å². The number of rotatable bonds is 5. The van der Waals surface area contributed by atoms with Crippen molar-refractivity contribution in [3.8, 4) is 0 Å². The van der Waals surface area contributed by atoms with Crippen LogP contribution in [0.2, 0.25) is 5.82 Å². The van der Waals surface area contributed by atoms with Crippen molar-refractivity contribution in [2.24, 2.45) is 0 Å². The number of nitrogens with zero attached hydrogens (tertiary/aromatic N) is 1. The zero-order valence-corrected chi connectivity index (χ0v) is 11.4. The molecule has 0 aliphatic carbocycles. The van der Waals surface area contributed by atoms with E-state index in [0.717, 1.165) is 5.82 Å². The Morgan fingerprint density at radius 2 is 1.94 bits per heavy atom. The maximum Gasteiger partial charge on any atom is 0.162 e. The summed E-state index contributed by atoms with van der Waals surface area (Å²) in [6.45, 7) is 6.21. The summed E-state index contributed by atoms with van der Waals surface area (Å²) in [5.74, 6) is 0.888. The van der Waals surface area contributed by atoms with Crippen molar-refractivity contribution in [1.29, 1.82) is 0 Å². The molecule has 0 spiro atoms. The van der Waals surface area contributed by atoms with Crippen LogP contribution >= 0.6 is 0 Å². The predicted octanol–water partition coefficient (Wildman–Crippen LogP) is 0.393. The zero-order valence-electron chi connectivity index (χ0n) is 11.4. The molecule has 0 amide bonds. The van der Waals surface area contributed by atoms with E-state index in [4.69, 9.17) is 0 Å². The van der Waals surface area contributed by atoms with Gasteiger partial charge in [-0.1, -0.05) is 49.1 Å². The lowest BCUT2D eigenvalue weighted by atomic mass is 9.59. The highest BCUT2D eigenvalue weighted by molar-refractivity contribution is 6.55. The molecule has 3 nitrogen and oxygen atoms in total. The van der Waals surface area contributed by atoms with Gasteiger partial charge in [0.15, 0.2) is 7.28 Å². The normalized spacial score (nSPS) is 18.8. The maximum atomic E-state index is 2.64. The second kappa shape index (κ2) is 9.14. The third-order valence-electron chi connectivity index (χ3n) is 3.57. The van der Waals surface area contributed by atoms with Gasteiger partial charge < -0.3 is 15.9 Å². The van der Waals surface area contributed by atoms with Crippen molar-refractivity contribution in [1.82, 2.24) is 4.90 Å². The molecule has 1 aliphatic heterocycles. The van der Waals surface area contributed by atoms with Crippen LogP contribution in [0.5, 0.6) is 0 Å². The van der Waals surface area contributed by atoms with E-state index in [1.54, 1.807) is 0 Å². The first-order chi connectivity index (χ1) is 7.88. The van der Waals surface area contributed by atoms with E-state index >= 15 is 0 Å². The molecule has 1 atom stereocenters. The summed E-state index contributed by atoms with van der Waals surface area (Å²) in [6, 6.07) is 10.9. The molecule has 4 heteroatoms. The van der Waals surface area contributed by atoms with E-state index < -0.39 is 0 Å². The van der Waals surface area contributed by atoms with Crippen LogP contribution in [-0.2, 0) is 0 Å². The van der Waals surface area contributed by atoms with Crippen LogP contribution in [0.15, 0.2) is 30.3 Å². The summed E-state index contributed by atoms with van der Waals surface area (Å²) in [5.41, 5.74) is 1.50. The number of hydrogen-bond acceptors (Lipinski definition) is 1. The van der Waals surface area contributed by atoms with Gasteiger partial charge in [-0.2, -0.15) is 0 Å². The molecule has 4 N–H and O–H groups in total. The number of hydrogen-bond donors (Lipinski definition) is 0. The van der Waals surface area contributed by atoms with Gasteiger partial charge in [-0.25, -0.2) is 0 Å². The van der Waals surface area contributed by atoms with E-state index in [1.807, 2.05) is 0 Å². The topological polar surface area (TPSA) is 66.2 Å². The molecule has 1 saturated heterocycles. The van der Waals surface area contributed by atoms with Gasteiger partial charge in [-0.05, 0) is 38.3 Å². The minimum atomic E-state index is 0. The first kappa shape index (κ1) is 17.2. The molecule has 102 valence electrons. The Morgan fingerprint density at radius 3 is 2.61 bits per heavy atom.